The summed E-state index contributed by atoms with van der Waals surface area (Å²) in [4.78, 5) is 17.5. The fraction of sp³-hybridized carbons (Fsp3) is 0.333. The van der Waals surface area contributed by atoms with Crippen molar-refractivity contribution in [3.05, 3.63) is 23.8 Å². The van der Waals surface area contributed by atoms with Crippen LogP contribution in [0, 0.1) is 0 Å². The van der Waals surface area contributed by atoms with Crippen LogP contribution in [-0.4, -0.2) is 30.4 Å². The smallest absolute Gasteiger partial charge is 0.354 e. The van der Waals surface area contributed by atoms with Crippen LogP contribution in [0.4, 0.5) is 0 Å². The van der Waals surface area contributed by atoms with Gasteiger partial charge in [0.2, 0.25) is 0 Å². The predicted molar refractivity (Wildman–Crippen MR) is 51.1 cm³/mol. The molecule has 0 aromatic heterocycles. The number of carbonyl (C=O) groups excluding carboxylic acids is 1. The van der Waals surface area contributed by atoms with Crippen LogP contribution in [0.15, 0.2) is 28.8 Å². The summed E-state index contributed by atoms with van der Waals surface area (Å²) in [5.41, 5.74) is 1.33. The SMILES string of the molecule is COC(=O)C1=CC(C)=NC2=CNCN21. The minimum absolute atomic E-state index is 0.339. The first-order chi connectivity index (χ1) is 6.72. The van der Waals surface area contributed by atoms with Gasteiger partial charge in [-0.1, -0.05) is 0 Å². The fourth-order valence-corrected chi connectivity index (χ4v) is 1.45. The first-order valence-corrected chi connectivity index (χ1v) is 4.29. The standard InChI is InChI=1S/C9H11N3O2/c1-6-3-7(9(13)14-2)12-5-10-4-8(12)11-6/h3-4,10H,5H2,1-2H3. The largest absolute Gasteiger partial charge is 0.464 e. The van der Waals surface area contributed by atoms with E-state index in [9.17, 15) is 4.79 Å². The van der Waals surface area contributed by atoms with Gasteiger partial charge in [0.25, 0.3) is 0 Å². The maximum absolute atomic E-state index is 11.4. The van der Waals surface area contributed by atoms with Crippen LogP contribution >= 0.6 is 0 Å². The van der Waals surface area contributed by atoms with Crippen LogP contribution in [0.5, 0.6) is 0 Å². The molecule has 2 heterocycles. The zero-order chi connectivity index (χ0) is 10.1. The Morgan fingerprint density at radius 3 is 3.21 bits per heavy atom. The van der Waals surface area contributed by atoms with Crippen LogP contribution in [0.25, 0.3) is 0 Å². The normalized spacial score (nSPS) is 19.0. The number of allylic oxidation sites excluding steroid dienone is 1. The molecule has 0 spiro atoms. The van der Waals surface area contributed by atoms with E-state index in [1.807, 2.05) is 6.92 Å². The Morgan fingerprint density at radius 2 is 2.50 bits per heavy atom. The van der Waals surface area contributed by atoms with Crippen molar-refractivity contribution in [1.29, 1.82) is 0 Å². The van der Waals surface area contributed by atoms with E-state index in [2.05, 4.69) is 15.0 Å². The van der Waals surface area contributed by atoms with Crippen LogP contribution in [0.3, 0.4) is 0 Å². The zero-order valence-corrected chi connectivity index (χ0v) is 8.07. The number of rotatable bonds is 1. The molecule has 0 aromatic rings. The molecule has 0 atom stereocenters. The molecule has 0 aromatic carbocycles. The lowest BCUT2D eigenvalue weighted by atomic mass is 10.2. The Labute approximate surface area is 81.7 Å². The van der Waals surface area contributed by atoms with Crippen LogP contribution in [-0.2, 0) is 9.53 Å². The zero-order valence-electron chi connectivity index (χ0n) is 8.07. The van der Waals surface area contributed by atoms with Crippen molar-refractivity contribution in [3.8, 4) is 0 Å². The molecule has 5 heteroatoms. The number of aliphatic imine (C=N–C) groups is 1. The highest BCUT2D eigenvalue weighted by Gasteiger charge is 2.27. The topological polar surface area (TPSA) is 53.9 Å². The summed E-state index contributed by atoms with van der Waals surface area (Å²) in [6.45, 7) is 2.41. The summed E-state index contributed by atoms with van der Waals surface area (Å²) in [5, 5.41) is 3.00. The molecule has 0 radical (unpaired) electrons. The predicted octanol–water partition coefficient (Wildman–Crippen LogP) is 0.179. The van der Waals surface area contributed by atoms with E-state index in [1.54, 1.807) is 17.2 Å². The van der Waals surface area contributed by atoms with Gasteiger partial charge in [-0.15, -0.1) is 0 Å². The number of fused-ring (bicyclic) bond motifs is 1. The van der Waals surface area contributed by atoms with Gasteiger partial charge in [0.15, 0.2) is 5.82 Å². The third-order valence-electron chi connectivity index (χ3n) is 2.08. The van der Waals surface area contributed by atoms with E-state index in [0.717, 1.165) is 11.5 Å². The molecule has 14 heavy (non-hydrogen) atoms. The Balaban J connectivity index is 2.36. The lowest BCUT2D eigenvalue weighted by Crippen LogP contribution is -2.30. The maximum Gasteiger partial charge on any atom is 0.354 e. The fourth-order valence-electron chi connectivity index (χ4n) is 1.45. The highest BCUT2D eigenvalue weighted by molar-refractivity contribution is 6.02. The number of carbonyl (C=O) groups is 1. The number of esters is 1. The maximum atomic E-state index is 11.4. The van der Waals surface area contributed by atoms with E-state index < -0.39 is 0 Å². The van der Waals surface area contributed by atoms with E-state index in [0.29, 0.717) is 12.4 Å². The number of ether oxygens (including phenoxy) is 1. The molecule has 0 saturated heterocycles. The van der Waals surface area contributed by atoms with Gasteiger partial charge in [-0.25, -0.2) is 9.79 Å². The Hall–Kier alpha value is -1.78. The lowest BCUT2D eigenvalue weighted by Gasteiger charge is -2.23. The Morgan fingerprint density at radius 1 is 1.71 bits per heavy atom. The molecule has 2 rings (SSSR count). The van der Waals surface area contributed by atoms with Crippen molar-refractivity contribution in [3.63, 3.8) is 0 Å². The van der Waals surface area contributed by atoms with Crippen molar-refractivity contribution in [2.75, 3.05) is 13.8 Å². The first kappa shape index (κ1) is 8.80. The molecule has 0 saturated carbocycles. The highest BCUT2D eigenvalue weighted by Crippen LogP contribution is 2.22. The summed E-state index contributed by atoms with van der Waals surface area (Å²) < 4.78 is 4.69. The number of hydrogen-bond donors (Lipinski definition) is 1. The van der Waals surface area contributed by atoms with Gasteiger partial charge in [0.05, 0.1) is 13.8 Å². The molecule has 0 bridgehead atoms. The van der Waals surface area contributed by atoms with E-state index in [4.69, 9.17) is 0 Å². The van der Waals surface area contributed by atoms with Crippen molar-refractivity contribution in [1.82, 2.24) is 10.2 Å². The second-order valence-electron chi connectivity index (χ2n) is 3.07. The second kappa shape index (κ2) is 3.17. The van der Waals surface area contributed by atoms with Crippen molar-refractivity contribution in [2.24, 2.45) is 4.99 Å². The average molecular weight is 193 g/mol. The van der Waals surface area contributed by atoms with Gasteiger partial charge in [-0.3, -0.25) is 0 Å². The quantitative estimate of drug-likeness (QED) is 0.603. The van der Waals surface area contributed by atoms with Crippen molar-refractivity contribution >= 4 is 11.7 Å². The van der Waals surface area contributed by atoms with Gasteiger partial charge in [-0.05, 0) is 13.0 Å². The summed E-state index contributed by atoms with van der Waals surface area (Å²) in [6.07, 6.45) is 3.50. The minimum atomic E-state index is -0.339. The third-order valence-corrected chi connectivity index (χ3v) is 2.08. The number of nitrogens with one attached hydrogen (secondary N) is 1. The number of methoxy groups -OCH3 is 1. The molecule has 2 aliphatic rings. The van der Waals surface area contributed by atoms with Gasteiger partial charge in [0.1, 0.15) is 5.70 Å². The first-order valence-electron chi connectivity index (χ1n) is 4.29. The van der Waals surface area contributed by atoms with Crippen LogP contribution < -0.4 is 5.32 Å². The summed E-state index contributed by atoms with van der Waals surface area (Å²) in [6, 6.07) is 0. The molecular formula is C9H11N3O2. The molecule has 2 aliphatic heterocycles. The molecule has 5 nitrogen and oxygen atoms in total. The van der Waals surface area contributed by atoms with Gasteiger partial charge in [-0.2, -0.15) is 0 Å². The van der Waals surface area contributed by atoms with Crippen molar-refractivity contribution < 1.29 is 9.53 Å². The van der Waals surface area contributed by atoms with E-state index in [-0.39, 0.29) is 5.97 Å². The van der Waals surface area contributed by atoms with Gasteiger partial charge < -0.3 is 15.0 Å². The van der Waals surface area contributed by atoms with Gasteiger partial charge >= 0.3 is 5.97 Å². The van der Waals surface area contributed by atoms with Gasteiger partial charge in [0, 0.05) is 11.9 Å². The van der Waals surface area contributed by atoms with Crippen molar-refractivity contribution in [2.45, 2.75) is 6.92 Å². The monoisotopic (exact) mass is 193 g/mol. The highest BCUT2D eigenvalue weighted by atomic mass is 16.5. The third kappa shape index (κ3) is 1.26. The molecule has 0 fully saturated rings. The van der Waals surface area contributed by atoms with Crippen LogP contribution in [0.2, 0.25) is 0 Å². The molecule has 0 amide bonds. The molecule has 1 N–H and O–H groups in total. The van der Waals surface area contributed by atoms with Crippen LogP contribution in [0.1, 0.15) is 6.92 Å². The molecule has 0 aliphatic carbocycles. The minimum Gasteiger partial charge on any atom is -0.464 e. The van der Waals surface area contributed by atoms with E-state index >= 15 is 0 Å². The number of nitrogens with zero attached hydrogens (tertiary/aromatic N) is 2. The molecule has 74 valence electrons. The second-order valence-corrected chi connectivity index (χ2v) is 3.07. The average Bonchev–Trinajstić information content (AvgIpc) is 2.62. The Kier molecular flexibility index (Phi) is 1.99. The molecule has 0 unspecified atom stereocenters. The number of hydrogen-bond acceptors (Lipinski definition) is 5. The summed E-state index contributed by atoms with van der Waals surface area (Å²) in [5.74, 6) is 0.416. The summed E-state index contributed by atoms with van der Waals surface area (Å²) in [7, 11) is 1.37. The molecular weight excluding hydrogens is 182 g/mol. The lowest BCUT2D eigenvalue weighted by molar-refractivity contribution is -0.137. The van der Waals surface area contributed by atoms with E-state index in [1.165, 1.54) is 7.11 Å². The summed E-state index contributed by atoms with van der Waals surface area (Å²) >= 11 is 0. The Bertz CT molecular complexity index is 368.